The molecule has 5 heteroatoms. The number of rotatable bonds is 11. The fourth-order valence-corrected chi connectivity index (χ4v) is 5.16. The fraction of sp³-hybridized carbons (Fsp3) is 0.840. The van der Waals surface area contributed by atoms with Crippen molar-refractivity contribution in [1.29, 1.82) is 0 Å². The van der Waals surface area contributed by atoms with Crippen LogP contribution >= 0.6 is 0 Å². The average Bonchev–Trinajstić information content (AvgIpc) is 2.96. The Hall–Kier alpha value is -1.20. The predicted molar refractivity (Wildman–Crippen MR) is 127 cm³/mol. The summed E-state index contributed by atoms with van der Waals surface area (Å²) in [5, 5.41) is 0. The van der Waals surface area contributed by atoms with Gasteiger partial charge in [-0.05, 0) is 77.4 Å². The van der Waals surface area contributed by atoms with Crippen LogP contribution < -0.4 is 4.90 Å². The van der Waals surface area contributed by atoms with Gasteiger partial charge in [-0.1, -0.05) is 27.2 Å². The minimum Gasteiger partial charge on any atom is -0.332 e. The molecule has 0 spiro atoms. The first-order valence-corrected chi connectivity index (χ1v) is 12.3. The van der Waals surface area contributed by atoms with Crippen molar-refractivity contribution in [2.24, 2.45) is 5.92 Å². The molecule has 2 saturated heterocycles. The van der Waals surface area contributed by atoms with Gasteiger partial charge in [-0.15, -0.1) is 0 Å². The van der Waals surface area contributed by atoms with Gasteiger partial charge in [0.05, 0.1) is 0 Å². The van der Waals surface area contributed by atoms with Gasteiger partial charge in [0.15, 0.2) is 0 Å². The van der Waals surface area contributed by atoms with Crippen LogP contribution in [-0.2, 0) is 6.42 Å². The lowest BCUT2D eigenvalue weighted by Gasteiger charge is -2.47. The Kier molecular flexibility index (Phi) is 8.14. The van der Waals surface area contributed by atoms with E-state index in [1.54, 1.807) is 0 Å². The maximum atomic E-state index is 4.80. The van der Waals surface area contributed by atoms with Gasteiger partial charge in [-0.25, -0.2) is 9.97 Å². The second-order valence-electron chi connectivity index (χ2n) is 10.7. The third kappa shape index (κ3) is 5.94. The molecular weight excluding hydrogens is 370 g/mol. The van der Waals surface area contributed by atoms with Gasteiger partial charge in [-0.3, -0.25) is 4.90 Å². The predicted octanol–water partition coefficient (Wildman–Crippen LogP) is 4.62. The molecular formula is C25H45N5. The Labute approximate surface area is 185 Å². The average molecular weight is 416 g/mol. The number of aromatic nitrogens is 2. The number of fused-ring (bicyclic) bond motifs is 2. The second kappa shape index (κ2) is 10.4. The summed E-state index contributed by atoms with van der Waals surface area (Å²) in [5.74, 6) is 1.71. The van der Waals surface area contributed by atoms with Crippen molar-refractivity contribution in [3.63, 3.8) is 0 Å². The number of likely N-dealkylation sites (tertiary alicyclic amines) is 1. The Morgan fingerprint density at radius 2 is 1.70 bits per heavy atom. The van der Waals surface area contributed by atoms with Crippen LogP contribution in [0.2, 0.25) is 0 Å². The molecule has 3 rings (SSSR count). The molecule has 2 aliphatic heterocycles. The van der Waals surface area contributed by atoms with E-state index in [0.29, 0.717) is 17.6 Å². The zero-order chi connectivity index (χ0) is 21.7. The Balaban J connectivity index is 1.45. The number of hydrogen-bond donors (Lipinski definition) is 0. The highest BCUT2D eigenvalue weighted by atomic mass is 15.4. The third-order valence-electron chi connectivity index (χ3n) is 7.31. The highest BCUT2D eigenvalue weighted by molar-refractivity contribution is 5.38. The van der Waals surface area contributed by atoms with Crippen LogP contribution in [-0.4, -0.2) is 70.6 Å². The van der Waals surface area contributed by atoms with Crippen LogP contribution in [0.4, 0.5) is 5.95 Å². The largest absolute Gasteiger partial charge is 0.332 e. The van der Waals surface area contributed by atoms with E-state index in [2.05, 4.69) is 68.8 Å². The van der Waals surface area contributed by atoms with Crippen LogP contribution in [0.1, 0.15) is 78.7 Å². The molecule has 1 aromatic rings. The van der Waals surface area contributed by atoms with Crippen LogP contribution in [0.15, 0.2) is 12.4 Å². The summed E-state index contributed by atoms with van der Waals surface area (Å²) in [6.45, 7) is 16.3. The van der Waals surface area contributed by atoms with Crippen LogP contribution in [0.3, 0.4) is 0 Å². The normalized spacial score (nSPS) is 22.5. The van der Waals surface area contributed by atoms with E-state index in [0.717, 1.165) is 31.4 Å². The van der Waals surface area contributed by atoms with E-state index in [-0.39, 0.29) is 0 Å². The standard InChI is InChI=1S/C25H45N5/c1-7-25(4,5)29-18-22-12-13-23(19-29)30(22)24-26-15-21(16-27-24)11-9-8-10-14-28(6)17-20(2)3/h15-16,20,22-23H,7-14,17-19H2,1-6H3. The van der Waals surface area contributed by atoms with Crippen LogP contribution in [0, 0.1) is 5.92 Å². The molecule has 0 N–H and O–H groups in total. The molecule has 2 bridgehead atoms. The lowest BCUT2D eigenvalue weighted by Crippen LogP contribution is -2.59. The van der Waals surface area contributed by atoms with Crippen LogP contribution in [0.5, 0.6) is 0 Å². The third-order valence-corrected chi connectivity index (χ3v) is 7.31. The van der Waals surface area contributed by atoms with Crippen molar-refractivity contribution in [2.45, 2.75) is 97.2 Å². The van der Waals surface area contributed by atoms with Gasteiger partial charge < -0.3 is 9.80 Å². The van der Waals surface area contributed by atoms with Gasteiger partial charge in [0.2, 0.25) is 5.95 Å². The first-order valence-electron chi connectivity index (χ1n) is 12.3. The summed E-state index contributed by atoms with van der Waals surface area (Å²) in [4.78, 5) is 17.3. The van der Waals surface area contributed by atoms with Crippen molar-refractivity contribution >= 4 is 5.95 Å². The van der Waals surface area contributed by atoms with E-state index in [1.165, 1.54) is 57.2 Å². The summed E-state index contributed by atoms with van der Waals surface area (Å²) >= 11 is 0. The molecule has 2 aliphatic rings. The molecule has 2 unspecified atom stereocenters. The zero-order valence-electron chi connectivity index (χ0n) is 20.4. The lowest BCUT2D eigenvalue weighted by molar-refractivity contribution is 0.0876. The van der Waals surface area contributed by atoms with Crippen LogP contribution in [0.25, 0.3) is 0 Å². The summed E-state index contributed by atoms with van der Waals surface area (Å²) in [5.41, 5.74) is 1.58. The number of aryl methyl sites for hydroxylation is 1. The monoisotopic (exact) mass is 415 g/mol. The minimum atomic E-state index is 0.293. The number of hydrogen-bond acceptors (Lipinski definition) is 5. The molecule has 170 valence electrons. The maximum Gasteiger partial charge on any atom is 0.225 e. The number of piperazine rings is 1. The second-order valence-corrected chi connectivity index (χ2v) is 10.7. The molecule has 2 fully saturated rings. The molecule has 0 aliphatic carbocycles. The molecule has 5 nitrogen and oxygen atoms in total. The van der Waals surface area contributed by atoms with E-state index in [4.69, 9.17) is 9.97 Å². The maximum absolute atomic E-state index is 4.80. The van der Waals surface area contributed by atoms with Crippen molar-refractivity contribution in [1.82, 2.24) is 19.8 Å². The van der Waals surface area contributed by atoms with E-state index in [1.807, 2.05) is 0 Å². The molecule has 0 amide bonds. The first-order chi connectivity index (χ1) is 14.3. The van der Waals surface area contributed by atoms with Gasteiger partial charge in [0, 0.05) is 49.7 Å². The summed E-state index contributed by atoms with van der Waals surface area (Å²) in [6.07, 6.45) is 12.8. The SMILES string of the molecule is CCC(C)(C)N1CC2CCC(C1)N2c1ncc(CCCCCN(C)CC(C)C)cn1. The van der Waals surface area contributed by atoms with Crippen molar-refractivity contribution in [2.75, 3.05) is 38.1 Å². The van der Waals surface area contributed by atoms with E-state index >= 15 is 0 Å². The Bertz CT molecular complexity index is 627. The highest BCUT2D eigenvalue weighted by Crippen LogP contribution is 2.36. The number of unbranched alkanes of at least 4 members (excludes halogenated alkanes) is 2. The van der Waals surface area contributed by atoms with E-state index < -0.39 is 0 Å². The minimum absolute atomic E-state index is 0.293. The molecule has 30 heavy (non-hydrogen) atoms. The molecule has 0 radical (unpaired) electrons. The molecule has 3 heterocycles. The van der Waals surface area contributed by atoms with Gasteiger partial charge in [0.1, 0.15) is 0 Å². The van der Waals surface area contributed by atoms with Gasteiger partial charge in [0.25, 0.3) is 0 Å². The molecule has 0 aromatic carbocycles. The molecule has 0 saturated carbocycles. The van der Waals surface area contributed by atoms with Crippen molar-refractivity contribution in [3.8, 4) is 0 Å². The zero-order valence-corrected chi connectivity index (χ0v) is 20.4. The topological polar surface area (TPSA) is 35.5 Å². The summed E-state index contributed by atoms with van der Waals surface area (Å²) in [7, 11) is 2.24. The lowest BCUT2D eigenvalue weighted by atomic mass is 9.96. The summed E-state index contributed by atoms with van der Waals surface area (Å²) in [6, 6.07) is 1.14. The Morgan fingerprint density at radius 1 is 1.07 bits per heavy atom. The number of nitrogens with zero attached hydrogens (tertiary/aromatic N) is 5. The molecule has 1 aromatic heterocycles. The Morgan fingerprint density at radius 3 is 2.27 bits per heavy atom. The quantitative estimate of drug-likeness (QED) is 0.493. The molecule has 2 atom stereocenters. The van der Waals surface area contributed by atoms with E-state index in [9.17, 15) is 0 Å². The van der Waals surface area contributed by atoms with Gasteiger partial charge in [-0.2, -0.15) is 0 Å². The fourth-order valence-electron chi connectivity index (χ4n) is 5.16. The van der Waals surface area contributed by atoms with Crippen molar-refractivity contribution < 1.29 is 0 Å². The van der Waals surface area contributed by atoms with Gasteiger partial charge >= 0.3 is 0 Å². The first kappa shape index (κ1) is 23.5. The smallest absolute Gasteiger partial charge is 0.225 e. The highest BCUT2D eigenvalue weighted by Gasteiger charge is 2.44. The summed E-state index contributed by atoms with van der Waals surface area (Å²) < 4.78 is 0. The number of anilines is 1. The van der Waals surface area contributed by atoms with Crippen molar-refractivity contribution in [3.05, 3.63) is 18.0 Å².